The van der Waals surface area contributed by atoms with Gasteiger partial charge in [-0.05, 0) is 73.4 Å². The topological polar surface area (TPSA) is 271 Å². The number of carbonyl (C=O) groups excluding carboxylic acids is 2. The monoisotopic (exact) mass is 1190 g/mol. The Morgan fingerprint density at radius 2 is 0.897 bits per heavy atom. The van der Waals surface area contributed by atoms with Crippen molar-refractivity contribution in [2.45, 2.75) is 58.9 Å². The highest BCUT2D eigenvalue weighted by Gasteiger charge is 2.21. The number of fused-ring (bicyclic) bond motifs is 3. The summed E-state index contributed by atoms with van der Waals surface area (Å²) in [4.78, 5) is 34.7. The highest BCUT2D eigenvalue weighted by atomic mass is 35.5. The zero-order valence-corrected chi connectivity index (χ0v) is 48.1. The molecule has 8 rings (SSSR count). The van der Waals surface area contributed by atoms with Crippen LogP contribution >= 0.6 is 46.9 Å². The molecule has 0 unspecified atom stereocenters. The largest absolute Gasteiger partial charge is 0.506 e. The molecule has 0 amide bonds. The standard InChI is InChI=1S/C22H23NO4S2.C19H16ClNO5S2.C14H15NO4S2/c1-14(2)16-8-10-17(11-9-16)29(26,27)23-20-12-21(28-13-15(3)24)22(25)19-7-5-4-6-18(19)20;20-13-7-5-12(6-8-13)11-28(25,26)21-16-9-17(27-10-18(22)23)19(24)15-4-2-1-3-14(15)16;1-9(16)8-20-13-7-12(15-21(2,18)19)10-5-3-4-6-11(10)14(13)17/h4-12,14,23,25H,13H2,1-3H3;1-9,21,24H,10-11H2,(H,22,23);3-7,15,17H,8H2,1-2H3. The molecule has 0 aliphatic carbocycles. The molecule has 8 aromatic rings. The Bertz CT molecular complexity index is 3880. The summed E-state index contributed by atoms with van der Waals surface area (Å²) < 4.78 is 81.8. The Morgan fingerprint density at radius 1 is 0.526 bits per heavy atom. The summed E-state index contributed by atoms with van der Waals surface area (Å²) in [5.41, 5.74) is 2.65. The SMILES string of the molecule is CC(=O)CSc1cc(NS(=O)(=O)c2ccc(C(C)C)cc2)c2ccccc2c1O.CC(=O)CSc1cc(NS(C)(=O)=O)c2ccccc2c1O.O=C(O)CSc1cc(NS(=O)(=O)Cc2ccc(Cl)cc2)c2ccccc2c1O. The van der Waals surface area contributed by atoms with E-state index in [0.29, 0.717) is 70.0 Å². The quantitative estimate of drug-likeness (QED) is 0.0293. The lowest BCUT2D eigenvalue weighted by Gasteiger charge is -2.15. The maximum Gasteiger partial charge on any atom is 0.313 e. The number of hydrogen-bond donors (Lipinski definition) is 7. The molecule has 0 spiro atoms. The molecular formula is C55H54ClN3O13S6. The van der Waals surface area contributed by atoms with Crippen molar-refractivity contribution in [3.05, 3.63) is 156 Å². The minimum absolute atomic E-state index is 0.0230. The number of carbonyl (C=O) groups is 3. The molecule has 8 aromatic carbocycles. The Morgan fingerprint density at radius 3 is 1.27 bits per heavy atom. The first-order chi connectivity index (χ1) is 36.7. The molecule has 410 valence electrons. The molecule has 0 fully saturated rings. The molecule has 78 heavy (non-hydrogen) atoms. The van der Waals surface area contributed by atoms with Gasteiger partial charge in [-0.25, -0.2) is 25.3 Å². The summed E-state index contributed by atoms with van der Waals surface area (Å²) in [6.45, 7) is 7.02. The van der Waals surface area contributed by atoms with Crippen molar-refractivity contribution in [1.82, 2.24) is 0 Å². The fraction of sp³-hybridized carbons (Fsp3) is 0.182. The van der Waals surface area contributed by atoms with E-state index in [4.69, 9.17) is 16.7 Å². The smallest absolute Gasteiger partial charge is 0.313 e. The van der Waals surface area contributed by atoms with Crippen molar-refractivity contribution in [3.63, 3.8) is 0 Å². The Hall–Kier alpha value is -6.66. The van der Waals surface area contributed by atoms with Gasteiger partial charge in [0.25, 0.3) is 10.0 Å². The van der Waals surface area contributed by atoms with Gasteiger partial charge in [-0.3, -0.25) is 28.5 Å². The van der Waals surface area contributed by atoms with Gasteiger partial charge < -0.3 is 20.4 Å². The fourth-order valence-electron chi connectivity index (χ4n) is 7.52. The molecule has 0 aromatic heterocycles. The molecule has 0 aliphatic rings. The Kier molecular flexibility index (Phi) is 20.4. The van der Waals surface area contributed by atoms with Crippen LogP contribution in [0.2, 0.25) is 5.02 Å². The molecule has 0 heterocycles. The summed E-state index contributed by atoms with van der Waals surface area (Å²) in [6, 6.07) is 38.6. The first-order valence-electron chi connectivity index (χ1n) is 23.4. The number of carboxylic acid groups (broad SMARTS) is 1. The van der Waals surface area contributed by atoms with Gasteiger partial charge in [0.15, 0.2) is 0 Å². The third-order valence-electron chi connectivity index (χ3n) is 11.1. The van der Waals surface area contributed by atoms with Gasteiger partial charge in [0.2, 0.25) is 20.0 Å². The first-order valence-corrected chi connectivity index (χ1v) is 31.8. The molecule has 23 heteroatoms. The summed E-state index contributed by atoms with van der Waals surface area (Å²) in [5.74, 6) is -0.891. The zero-order chi connectivity index (χ0) is 57.1. The summed E-state index contributed by atoms with van der Waals surface area (Å²) in [5, 5.41) is 43.9. The second kappa shape index (κ2) is 26.3. The van der Waals surface area contributed by atoms with Crippen LogP contribution in [0.1, 0.15) is 44.7 Å². The van der Waals surface area contributed by atoms with Crippen LogP contribution in [0.25, 0.3) is 32.3 Å². The van der Waals surface area contributed by atoms with E-state index in [2.05, 4.69) is 14.2 Å². The molecule has 0 aliphatic heterocycles. The molecule has 7 N–H and O–H groups in total. The van der Waals surface area contributed by atoms with Crippen molar-refractivity contribution < 1.29 is 60.1 Å². The van der Waals surface area contributed by atoms with E-state index in [1.165, 1.54) is 43.4 Å². The lowest BCUT2D eigenvalue weighted by atomic mass is 10.0. The zero-order valence-electron chi connectivity index (χ0n) is 42.5. The highest BCUT2D eigenvalue weighted by molar-refractivity contribution is 8.00. The minimum atomic E-state index is -3.82. The summed E-state index contributed by atoms with van der Waals surface area (Å²) >= 11 is 9.10. The van der Waals surface area contributed by atoms with Crippen molar-refractivity contribution in [3.8, 4) is 17.2 Å². The number of rotatable bonds is 19. The van der Waals surface area contributed by atoms with Gasteiger partial charge in [0.05, 0.1) is 65.9 Å². The number of aliphatic carboxylic acids is 1. The molecule has 0 bridgehead atoms. The van der Waals surface area contributed by atoms with Crippen LogP contribution in [0.3, 0.4) is 0 Å². The minimum Gasteiger partial charge on any atom is -0.506 e. The Labute approximate surface area is 470 Å². The first kappa shape index (κ1) is 60.6. The molecule has 0 saturated carbocycles. The van der Waals surface area contributed by atoms with Gasteiger partial charge in [0.1, 0.15) is 28.8 Å². The highest BCUT2D eigenvalue weighted by Crippen LogP contribution is 2.43. The van der Waals surface area contributed by atoms with Crippen molar-refractivity contribution in [2.24, 2.45) is 0 Å². The van der Waals surface area contributed by atoms with Gasteiger partial charge in [-0.1, -0.05) is 123 Å². The number of anilines is 3. The number of benzene rings is 8. The number of phenolic OH excluding ortho intramolecular Hbond substituents is 3. The van der Waals surface area contributed by atoms with Gasteiger partial charge >= 0.3 is 5.97 Å². The maximum absolute atomic E-state index is 13.0. The molecule has 16 nitrogen and oxygen atoms in total. The van der Waals surface area contributed by atoms with Gasteiger partial charge in [-0.2, -0.15) is 0 Å². The second-order valence-electron chi connectivity index (χ2n) is 17.8. The van der Waals surface area contributed by atoms with E-state index in [9.17, 15) is 55.0 Å². The molecule has 0 radical (unpaired) electrons. The average Bonchev–Trinajstić information content (AvgIpc) is 3.43. The number of aromatic hydroxyl groups is 3. The van der Waals surface area contributed by atoms with Crippen molar-refractivity contribution in [2.75, 3.05) is 37.7 Å². The van der Waals surface area contributed by atoms with E-state index in [1.807, 2.05) is 26.0 Å². The van der Waals surface area contributed by atoms with Crippen LogP contribution < -0.4 is 14.2 Å². The number of hydrogen-bond acceptors (Lipinski definition) is 15. The van der Waals surface area contributed by atoms with E-state index in [1.54, 1.807) is 121 Å². The van der Waals surface area contributed by atoms with Crippen LogP contribution in [0.15, 0.2) is 159 Å². The van der Waals surface area contributed by atoms with E-state index in [0.717, 1.165) is 23.6 Å². The van der Waals surface area contributed by atoms with Crippen molar-refractivity contribution in [1.29, 1.82) is 0 Å². The average molecular weight is 1190 g/mol. The van der Waals surface area contributed by atoms with Crippen LogP contribution in [-0.2, 0) is 50.2 Å². The second-order valence-corrected chi connectivity index (χ2v) is 26.4. The number of Topliss-reactive ketones (excluding diaryl/α,β-unsaturated/α-hetero) is 2. The predicted octanol–water partition coefficient (Wildman–Crippen LogP) is 12.1. The van der Waals surface area contributed by atoms with Crippen LogP contribution in [0, 0.1) is 0 Å². The van der Waals surface area contributed by atoms with E-state index < -0.39 is 36.0 Å². The number of ketones is 2. The maximum atomic E-state index is 13.0. The number of sulfonamides is 3. The normalized spacial score (nSPS) is 11.6. The number of nitrogens with one attached hydrogen (secondary N) is 3. The van der Waals surface area contributed by atoms with Gasteiger partial charge in [-0.15, -0.1) is 35.3 Å². The van der Waals surface area contributed by atoms with Crippen LogP contribution in [0.5, 0.6) is 17.2 Å². The molecule has 0 atom stereocenters. The predicted molar refractivity (Wildman–Crippen MR) is 316 cm³/mol. The van der Waals surface area contributed by atoms with Gasteiger partial charge in [0, 0.05) is 37.3 Å². The number of phenols is 3. The van der Waals surface area contributed by atoms with Crippen LogP contribution in [-0.4, -0.2) is 86.7 Å². The van der Waals surface area contributed by atoms with E-state index in [-0.39, 0.29) is 67.3 Å². The third kappa shape index (κ3) is 16.7. The summed E-state index contributed by atoms with van der Waals surface area (Å²) in [6.07, 6.45) is 1.07. The number of carboxylic acids is 1. The lowest BCUT2D eigenvalue weighted by molar-refractivity contribution is -0.134. The molecule has 0 saturated heterocycles. The number of halogens is 1. The molecular weight excluding hydrogens is 1140 g/mol. The van der Waals surface area contributed by atoms with Crippen molar-refractivity contribution >= 4 is 144 Å². The fourth-order valence-corrected chi connectivity index (χ4v) is 12.8. The van der Waals surface area contributed by atoms with E-state index >= 15 is 0 Å². The third-order valence-corrected chi connectivity index (χ3v) is 17.9. The summed E-state index contributed by atoms with van der Waals surface area (Å²) in [7, 11) is -11.0. The lowest BCUT2D eigenvalue weighted by Crippen LogP contribution is -2.15. The Balaban J connectivity index is 0.000000192. The number of thioether (sulfide) groups is 3. The van der Waals surface area contributed by atoms with Crippen LogP contribution in [0.4, 0.5) is 17.1 Å².